The van der Waals surface area contributed by atoms with Gasteiger partial charge in [-0.3, -0.25) is 9.69 Å². The van der Waals surface area contributed by atoms with Gasteiger partial charge in [-0.15, -0.1) is 18.3 Å². The molecule has 9 nitrogen and oxygen atoms in total. The van der Waals surface area contributed by atoms with Crippen molar-refractivity contribution in [3.05, 3.63) is 89.7 Å². The average Bonchev–Trinajstić information content (AvgIpc) is 3.62. The predicted octanol–water partition coefficient (Wildman–Crippen LogP) is 6.95. The summed E-state index contributed by atoms with van der Waals surface area (Å²) >= 11 is 6.88. The molecular weight excluding hydrogens is 624 g/mol. The minimum absolute atomic E-state index is 0.0481. The molecule has 1 fully saturated rings. The first-order chi connectivity index (χ1) is 21.4. The van der Waals surface area contributed by atoms with Gasteiger partial charge in [0, 0.05) is 12.6 Å². The molecule has 0 N–H and O–H groups in total. The van der Waals surface area contributed by atoms with Crippen molar-refractivity contribution in [2.24, 2.45) is 10.1 Å². The third kappa shape index (κ3) is 7.75. The molecule has 14 heteroatoms. The number of rotatable bonds is 7. The fourth-order valence-corrected chi connectivity index (χ4v) is 5.47. The van der Waals surface area contributed by atoms with E-state index in [0.717, 1.165) is 27.9 Å². The smallest absolute Gasteiger partial charge is 0.406 e. The molecule has 2 heterocycles. The van der Waals surface area contributed by atoms with Crippen LogP contribution in [0.15, 0.2) is 83.2 Å². The Kier molecular flexibility index (Phi) is 9.34. The molecule has 0 radical (unpaired) electrons. The molecular formula is C31H28F3N7O2S2. The van der Waals surface area contributed by atoms with Gasteiger partial charge >= 0.3 is 6.36 Å². The van der Waals surface area contributed by atoms with E-state index in [2.05, 4.69) is 38.8 Å². The summed E-state index contributed by atoms with van der Waals surface area (Å²) in [6.45, 7) is 6.16. The summed E-state index contributed by atoms with van der Waals surface area (Å²) in [5.74, 6) is 0.570. The summed E-state index contributed by atoms with van der Waals surface area (Å²) in [5, 5.41) is 11.0. The number of thiocarbonyl (C=S) groups is 1. The molecule has 0 bridgehead atoms. The number of aryl methyl sites for hydroxylation is 1. The Morgan fingerprint density at radius 2 is 1.82 bits per heavy atom. The van der Waals surface area contributed by atoms with Gasteiger partial charge in [-0.1, -0.05) is 62.0 Å². The minimum Gasteiger partial charge on any atom is -0.406 e. The van der Waals surface area contributed by atoms with Crippen molar-refractivity contribution in [2.75, 3.05) is 17.7 Å². The molecule has 0 aliphatic carbocycles. The van der Waals surface area contributed by atoms with Crippen molar-refractivity contribution in [2.45, 2.75) is 33.1 Å². The summed E-state index contributed by atoms with van der Waals surface area (Å²) in [7, 11) is 1.69. The molecule has 0 saturated carbocycles. The summed E-state index contributed by atoms with van der Waals surface area (Å²) in [5.41, 5.74) is 4.97. The Hall–Kier alpha value is -4.56. The molecule has 1 aliphatic rings. The van der Waals surface area contributed by atoms with Crippen LogP contribution in [0.1, 0.15) is 36.5 Å². The van der Waals surface area contributed by atoms with Gasteiger partial charge in [-0.2, -0.15) is 10.1 Å². The van der Waals surface area contributed by atoms with E-state index in [1.807, 2.05) is 49.4 Å². The normalized spacial score (nSPS) is 14.6. The lowest BCUT2D eigenvalue weighted by Gasteiger charge is -2.22. The minimum atomic E-state index is -4.76. The zero-order valence-corrected chi connectivity index (χ0v) is 26.3. The summed E-state index contributed by atoms with van der Waals surface area (Å²) < 4.78 is 42.6. The van der Waals surface area contributed by atoms with Crippen LogP contribution < -0.4 is 9.64 Å². The van der Waals surface area contributed by atoms with Gasteiger partial charge in [0.2, 0.25) is 11.0 Å². The fourth-order valence-electron chi connectivity index (χ4n) is 4.41. The Balaban J connectivity index is 1.25. The first-order valence-corrected chi connectivity index (χ1v) is 15.1. The second kappa shape index (κ2) is 13.2. The number of carbonyl (C=O) groups is 1. The lowest BCUT2D eigenvalue weighted by molar-refractivity contribution is -0.274. The van der Waals surface area contributed by atoms with E-state index in [1.165, 1.54) is 52.0 Å². The van der Waals surface area contributed by atoms with Crippen molar-refractivity contribution in [1.29, 1.82) is 0 Å². The average molecular weight is 652 g/mol. The van der Waals surface area contributed by atoms with Crippen molar-refractivity contribution in [3.8, 4) is 22.8 Å². The number of hydrogen-bond donors (Lipinski definition) is 0. The summed E-state index contributed by atoms with van der Waals surface area (Å²) in [6.07, 6.45) is -1.65. The van der Waals surface area contributed by atoms with Crippen molar-refractivity contribution in [1.82, 2.24) is 19.8 Å². The van der Waals surface area contributed by atoms with Crippen LogP contribution in [-0.4, -0.2) is 61.3 Å². The van der Waals surface area contributed by atoms with Crippen LogP contribution >= 0.6 is 24.0 Å². The molecule has 1 aliphatic heterocycles. The molecule has 45 heavy (non-hydrogen) atoms. The lowest BCUT2D eigenvalue weighted by Crippen LogP contribution is -2.32. The first-order valence-electron chi connectivity index (χ1n) is 13.7. The quantitative estimate of drug-likeness (QED) is 0.121. The maximum Gasteiger partial charge on any atom is 0.573 e. The highest BCUT2D eigenvalue weighted by Gasteiger charge is 2.32. The maximum atomic E-state index is 12.9. The Bertz CT molecular complexity index is 1770. The molecule has 0 unspecified atom stereocenters. The molecule has 1 aromatic heterocycles. The number of nitrogens with zero attached hydrogens (tertiary/aromatic N) is 7. The molecule has 0 spiro atoms. The number of hydrogen-bond acceptors (Lipinski definition) is 7. The van der Waals surface area contributed by atoms with Crippen LogP contribution in [0.4, 0.5) is 18.9 Å². The van der Waals surface area contributed by atoms with Gasteiger partial charge in [0.15, 0.2) is 11.0 Å². The third-order valence-electron chi connectivity index (χ3n) is 6.66. The van der Waals surface area contributed by atoms with Crippen LogP contribution in [0, 0.1) is 6.92 Å². The van der Waals surface area contributed by atoms with E-state index in [1.54, 1.807) is 18.2 Å². The van der Waals surface area contributed by atoms with Gasteiger partial charge in [0.05, 0.1) is 23.3 Å². The Morgan fingerprint density at radius 3 is 2.49 bits per heavy atom. The van der Waals surface area contributed by atoms with Crippen molar-refractivity contribution < 1.29 is 22.7 Å². The summed E-state index contributed by atoms with van der Waals surface area (Å²) in [6, 6.07) is 18.7. The zero-order chi connectivity index (χ0) is 32.3. The van der Waals surface area contributed by atoms with Gasteiger partial charge in [-0.25, -0.2) is 14.7 Å². The Morgan fingerprint density at radius 1 is 1.11 bits per heavy atom. The van der Waals surface area contributed by atoms with Crippen LogP contribution in [-0.2, 0) is 4.79 Å². The lowest BCUT2D eigenvalue weighted by atomic mass is 9.99. The third-order valence-corrected chi connectivity index (χ3v) is 7.94. The highest BCUT2D eigenvalue weighted by Crippen LogP contribution is 2.34. The molecule has 4 aromatic rings. The van der Waals surface area contributed by atoms with Crippen LogP contribution in [0.5, 0.6) is 5.75 Å². The van der Waals surface area contributed by atoms with Gasteiger partial charge in [-0.05, 0) is 72.1 Å². The van der Waals surface area contributed by atoms with E-state index in [9.17, 15) is 18.0 Å². The largest absolute Gasteiger partial charge is 0.573 e. The van der Waals surface area contributed by atoms with E-state index >= 15 is 0 Å². The molecule has 3 aromatic carbocycles. The van der Waals surface area contributed by atoms with E-state index < -0.39 is 6.36 Å². The number of aliphatic imine (C=N–C) groups is 1. The number of carbonyl (C=O) groups excluding carboxylic acids is 1. The van der Waals surface area contributed by atoms with Crippen LogP contribution in [0.25, 0.3) is 17.1 Å². The zero-order valence-electron chi connectivity index (χ0n) is 24.7. The first kappa shape index (κ1) is 31.9. The SMILES string of the molecule is Cc1ccc(C(C)C)c(N2C(=O)CSC2=NC(=S)N(C)/N=C/c2ccc(-c3ncn(-c4ccc(OC(F)(F)F)cc4)n3)cc2)c1. The number of benzene rings is 3. The number of halogens is 3. The molecule has 1 saturated heterocycles. The number of amides is 1. The highest BCUT2D eigenvalue weighted by molar-refractivity contribution is 8.15. The van der Waals surface area contributed by atoms with Gasteiger partial charge in [0.25, 0.3) is 0 Å². The van der Waals surface area contributed by atoms with Crippen LogP contribution in [0.2, 0.25) is 0 Å². The second-order valence-corrected chi connectivity index (χ2v) is 11.7. The highest BCUT2D eigenvalue weighted by atomic mass is 32.2. The fraction of sp³-hybridized carbons (Fsp3) is 0.226. The Labute approximate surface area is 267 Å². The number of anilines is 1. The topological polar surface area (TPSA) is 88.2 Å². The monoisotopic (exact) mass is 651 g/mol. The number of amidine groups is 1. The standard InChI is InChI=1S/C31H28F3N7O2S2/c1-19(2)25-14-5-20(3)15-26(25)41-27(42)17-45-30(41)37-29(44)39(4)36-16-21-6-8-22(9-7-21)28-35-18-40(38-28)23-10-12-24(13-11-23)43-31(32,33)34/h5-16,18-19H,17H2,1-4H3/b36-16+,37-30?. The predicted molar refractivity (Wildman–Crippen MR) is 174 cm³/mol. The van der Waals surface area contributed by atoms with Gasteiger partial charge in [0.1, 0.15) is 12.1 Å². The van der Waals surface area contributed by atoms with Crippen molar-refractivity contribution >= 4 is 52.1 Å². The number of alkyl halides is 3. The van der Waals surface area contributed by atoms with E-state index in [4.69, 9.17) is 12.2 Å². The maximum absolute atomic E-state index is 12.9. The second-order valence-electron chi connectivity index (χ2n) is 10.4. The number of ether oxygens (including phenoxy) is 1. The molecule has 0 atom stereocenters. The number of thioether (sulfide) groups is 1. The van der Waals surface area contributed by atoms with Crippen LogP contribution in [0.3, 0.4) is 0 Å². The summed E-state index contributed by atoms with van der Waals surface area (Å²) in [4.78, 5) is 23.4. The number of aromatic nitrogens is 3. The molecule has 1 amide bonds. The van der Waals surface area contributed by atoms with Gasteiger partial charge < -0.3 is 4.74 Å². The molecule has 5 rings (SSSR count). The van der Waals surface area contributed by atoms with Crippen molar-refractivity contribution in [3.63, 3.8) is 0 Å². The van der Waals surface area contributed by atoms with E-state index in [0.29, 0.717) is 16.7 Å². The molecule has 232 valence electrons. The number of hydrazone groups is 1. The van der Waals surface area contributed by atoms with E-state index in [-0.39, 0.29) is 28.4 Å².